The van der Waals surface area contributed by atoms with E-state index in [9.17, 15) is 4.79 Å². The van der Waals surface area contributed by atoms with Crippen LogP contribution in [-0.2, 0) is 11.8 Å². The van der Waals surface area contributed by atoms with Crippen LogP contribution < -0.4 is 9.80 Å². The third kappa shape index (κ3) is 2.58. The lowest BCUT2D eigenvalue weighted by atomic mass is 10.3. The molecule has 27 heavy (non-hydrogen) atoms. The van der Waals surface area contributed by atoms with Crippen LogP contribution in [0.4, 0.5) is 11.5 Å². The summed E-state index contributed by atoms with van der Waals surface area (Å²) in [5, 5.41) is 4.55. The minimum atomic E-state index is 0.199. The van der Waals surface area contributed by atoms with Crippen molar-refractivity contribution in [2.75, 3.05) is 29.4 Å². The Balaban J connectivity index is 1.39. The molecule has 1 atom stereocenters. The number of nitrogens with zero attached hydrogens (tertiary/aromatic N) is 7. The third-order valence-corrected chi connectivity index (χ3v) is 5.85. The number of hydrogen-bond acceptors (Lipinski definition) is 5. The molecule has 2 aliphatic rings. The molecule has 1 amide bonds. The Bertz CT molecular complexity index is 1020. The van der Waals surface area contributed by atoms with Crippen molar-refractivity contribution in [3.05, 3.63) is 30.5 Å². The molecule has 0 N–H and O–H groups in total. The van der Waals surface area contributed by atoms with Crippen molar-refractivity contribution in [1.29, 1.82) is 0 Å². The first-order valence-corrected chi connectivity index (χ1v) is 9.48. The molecule has 5 heterocycles. The normalized spacial score (nSPS) is 20.4. The summed E-state index contributed by atoms with van der Waals surface area (Å²) >= 11 is 0. The van der Waals surface area contributed by atoms with E-state index < -0.39 is 0 Å². The maximum Gasteiger partial charge on any atom is 0.227 e. The highest BCUT2D eigenvalue weighted by molar-refractivity contribution is 5.95. The molecule has 3 aromatic rings. The molecular formula is C19H23N7O. The van der Waals surface area contributed by atoms with E-state index in [1.807, 2.05) is 22.0 Å². The summed E-state index contributed by atoms with van der Waals surface area (Å²) in [6.45, 7) is 4.67. The van der Waals surface area contributed by atoms with Gasteiger partial charge in [0, 0.05) is 45.0 Å². The van der Waals surface area contributed by atoms with Crippen molar-refractivity contribution >= 4 is 28.4 Å². The zero-order valence-corrected chi connectivity index (χ0v) is 15.7. The maximum absolute atomic E-state index is 12.0. The quantitative estimate of drug-likeness (QED) is 0.710. The van der Waals surface area contributed by atoms with Gasteiger partial charge in [-0.15, -0.1) is 0 Å². The van der Waals surface area contributed by atoms with Crippen molar-refractivity contribution in [3.8, 4) is 0 Å². The van der Waals surface area contributed by atoms with Crippen molar-refractivity contribution in [2.45, 2.75) is 32.2 Å². The van der Waals surface area contributed by atoms with Crippen molar-refractivity contribution in [1.82, 2.24) is 24.3 Å². The lowest BCUT2D eigenvalue weighted by Crippen LogP contribution is -2.24. The number of rotatable bonds is 3. The number of amides is 1. The Morgan fingerprint density at radius 2 is 2.11 bits per heavy atom. The first-order valence-electron chi connectivity index (χ1n) is 9.48. The second-order valence-electron chi connectivity index (χ2n) is 7.49. The Morgan fingerprint density at radius 1 is 1.22 bits per heavy atom. The highest BCUT2D eigenvalue weighted by Gasteiger charge is 2.29. The molecule has 8 nitrogen and oxygen atoms in total. The van der Waals surface area contributed by atoms with E-state index in [0.29, 0.717) is 6.42 Å². The van der Waals surface area contributed by atoms with Crippen molar-refractivity contribution in [3.63, 3.8) is 0 Å². The highest BCUT2D eigenvalue weighted by atomic mass is 16.2. The van der Waals surface area contributed by atoms with Crippen LogP contribution in [0.3, 0.4) is 0 Å². The van der Waals surface area contributed by atoms with Crippen LogP contribution in [0.25, 0.3) is 11.0 Å². The fraction of sp³-hybridized carbons (Fsp3) is 0.474. The number of aromatic nitrogens is 5. The minimum absolute atomic E-state index is 0.199. The Labute approximate surface area is 157 Å². The number of carbonyl (C=O) groups is 1. The molecule has 2 fully saturated rings. The largest absolute Gasteiger partial charge is 0.353 e. The summed E-state index contributed by atoms with van der Waals surface area (Å²) in [7, 11) is 2.06. The number of carbonyl (C=O) groups excluding carboxylic acids is 1. The van der Waals surface area contributed by atoms with Crippen LogP contribution in [0.2, 0.25) is 0 Å². The standard InChI is InChI=1S/C19H23N7O/c1-13-8-16-18(23(13)2)19(21-12-20-16)24-7-5-14(10-24)26-11-15(9-22-26)25-6-3-4-17(25)27/h8-9,11-12,14H,3-7,10H2,1-2H3. The van der Waals surface area contributed by atoms with Gasteiger partial charge in [-0.25, -0.2) is 9.97 Å². The number of fused-ring (bicyclic) bond motifs is 1. The topological polar surface area (TPSA) is 72.1 Å². The van der Waals surface area contributed by atoms with Crippen molar-refractivity contribution < 1.29 is 4.79 Å². The summed E-state index contributed by atoms with van der Waals surface area (Å²) in [6, 6.07) is 2.38. The van der Waals surface area contributed by atoms with Gasteiger partial charge in [-0.3, -0.25) is 9.48 Å². The minimum Gasteiger partial charge on any atom is -0.353 e. The lowest BCUT2D eigenvalue weighted by molar-refractivity contribution is -0.117. The van der Waals surface area contributed by atoms with Gasteiger partial charge in [-0.05, 0) is 25.8 Å². The zero-order chi connectivity index (χ0) is 18.5. The Morgan fingerprint density at radius 3 is 2.93 bits per heavy atom. The van der Waals surface area contributed by atoms with Crippen LogP contribution in [0, 0.1) is 6.92 Å². The van der Waals surface area contributed by atoms with E-state index in [1.54, 1.807) is 6.33 Å². The Hall–Kier alpha value is -2.90. The first-order chi connectivity index (χ1) is 13.1. The fourth-order valence-electron chi connectivity index (χ4n) is 4.25. The molecule has 140 valence electrons. The lowest BCUT2D eigenvalue weighted by Gasteiger charge is -2.19. The van der Waals surface area contributed by atoms with Gasteiger partial charge in [0.1, 0.15) is 11.8 Å². The fourth-order valence-corrected chi connectivity index (χ4v) is 4.25. The molecule has 2 saturated heterocycles. The molecule has 2 aliphatic heterocycles. The summed E-state index contributed by atoms with van der Waals surface area (Å²) in [6.07, 6.45) is 8.05. The van der Waals surface area contributed by atoms with Gasteiger partial charge in [0.05, 0.1) is 23.4 Å². The average Bonchev–Trinajstić information content (AvgIpc) is 3.42. The van der Waals surface area contributed by atoms with E-state index in [1.165, 1.54) is 5.69 Å². The third-order valence-electron chi connectivity index (χ3n) is 5.85. The second kappa shape index (κ2) is 6.07. The highest BCUT2D eigenvalue weighted by Crippen LogP contribution is 2.32. The van der Waals surface area contributed by atoms with Crippen LogP contribution in [-0.4, -0.2) is 49.9 Å². The van der Waals surface area contributed by atoms with Crippen molar-refractivity contribution in [2.24, 2.45) is 7.05 Å². The van der Waals surface area contributed by atoms with Gasteiger partial charge in [0.15, 0.2) is 5.82 Å². The van der Waals surface area contributed by atoms with E-state index in [-0.39, 0.29) is 11.9 Å². The predicted octanol–water partition coefficient (Wildman–Crippen LogP) is 2.05. The first kappa shape index (κ1) is 16.3. The van der Waals surface area contributed by atoms with Gasteiger partial charge in [0.2, 0.25) is 5.91 Å². The van der Waals surface area contributed by atoms with Crippen LogP contribution in [0.1, 0.15) is 31.0 Å². The van der Waals surface area contributed by atoms with Crippen LogP contribution in [0.15, 0.2) is 24.8 Å². The molecule has 0 aromatic carbocycles. The average molecular weight is 365 g/mol. The molecular weight excluding hydrogens is 342 g/mol. The number of anilines is 2. The summed E-state index contributed by atoms with van der Waals surface area (Å²) in [5.41, 5.74) is 4.16. The predicted molar refractivity (Wildman–Crippen MR) is 103 cm³/mol. The summed E-state index contributed by atoms with van der Waals surface area (Å²) < 4.78 is 4.17. The zero-order valence-electron chi connectivity index (χ0n) is 15.7. The summed E-state index contributed by atoms with van der Waals surface area (Å²) in [5.74, 6) is 1.19. The van der Waals surface area contributed by atoms with Gasteiger partial charge in [0.25, 0.3) is 0 Å². The second-order valence-corrected chi connectivity index (χ2v) is 7.49. The monoisotopic (exact) mass is 365 g/mol. The van der Waals surface area contributed by atoms with Gasteiger partial charge in [-0.1, -0.05) is 0 Å². The molecule has 5 rings (SSSR count). The SMILES string of the molecule is Cc1cc2ncnc(N3CCC(n4cc(N5CCCC5=O)cn4)C3)c2n1C. The maximum atomic E-state index is 12.0. The van der Waals surface area contributed by atoms with Gasteiger partial charge >= 0.3 is 0 Å². The molecule has 0 bridgehead atoms. The van der Waals surface area contributed by atoms with Crippen LogP contribution in [0.5, 0.6) is 0 Å². The molecule has 0 radical (unpaired) electrons. The summed E-state index contributed by atoms with van der Waals surface area (Å²) in [4.78, 5) is 25.1. The van der Waals surface area contributed by atoms with Gasteiger partial charge in [-0.2, -0.15) is 5.10 Å². The van der Waals surface area contributed by atoms with E-state index >= 15 is 0 Å². The number of hydrogen-bond donors (Lipinski definition) is 0. The van der Waals surface area contributed by atoms with Gasteiger partial charge < -0.3 is 14.4 Å². The van der Waals surface area contributed by atoms with E-state index in [2.05, 4.69) is 44.6 Å². The molecule has 0 spiro atoms. The van der Waals surface area contributed by atoms with Crippen LogP contribution >= 0.6 is 0 Å². The smallest absolute Gasteiger partial charge is 0.227 e. The molecule has 1 unspecified atom stereocenters. The Kier molecular flexibility index (Phi) is 3.66. The molecule has 3 aromatic heterocycles. The molecule has 0 aliphatic carbocycles. The van der Waals surface area contributed by atoms with E-state index in [0.717, 1.165) is 55.0 Å². The van der Waals surface area contributed by atoms with E-state index in [4.69, 9.17) is 0 Å². The number of aryl methyl sites for hydroxylation is 2. The molecule has 0 saturated carbocycles. The molecule has 8 heteroatoms.